The molecule has 1 saturated heterocycles. The molecule has 6 heteroatoms. The van der Waals surface area contributed by atoms with Gasteiger partial charge in [-0.05, 0) is 12.8 Å². The first-order valence-electron chi connectivity index (χ1n) is 5.93. The zero-order valence-electron chi connectivity index (χ0n) is 9.61. The molecule has 2 fully saturated rings. The van der Waals surface area contributed by atoms with Gasteiger partial charge in [0.05, 0.1) is 23.8 Å². The predicted octanol–water partition coefficient (Wildman–Crippen LogP) is 1.14. The van der Waals surface area contributed by atoms with Gasteiger partial charge in [-0.15, -0.1) is 0 Å². The van der Waals surface area contributed by atoms with Gasteiger partial charge in [0.25, 0.3) is 0 Å². The molecule has 1 aromatic heterocycles. The monoisotopic (exact) mass is 252 g/mol. The Kier molecular flexibility index (Phi) is 2.76. The molecule has 0 aromatic carbocycles. The molecule has 0 bridgehead atoms. The molecular formula is C11H16N4OS. The van der Waals surface area contributed by atoms with Crippen molar-refractivity contribution in [2.75, 3.05) is 31.2 Å². The quantitative estimate of drug-likeness (QED) is 0.625. The highest BCUT2D eigenvalue weighted by molar-refractivity contribution is 7.17. The maximum atomic E-state index is 7.63. The molecule has 17 heavy (non-hydrogen) atoms. The van der Waals surface area contributed by atoms with Gasteiger partial charge < -0.3 is 15.4 Å². The summed E-state index contributed by atoms with van der Waals surface area (Å²) < 4.78 is 5.33. The standard InChI is InChI=1S/C11H16N4OS/c12-10(13)9-8(7-1-2-7)14-11(17-9)15-3-5-16-6-4-15/h7H,1-6H2,(H3,12,13). The number of thiazole rings is 1. The van der Waals surface area contributed by atoms with Crippen molar-refractivity contribution in [1.29, 1.82) is 5.41 Å². The Hall–Kier alpha value is -1.14. The number of nitrogens with two attached hydrogens (primary N) is 1. The number of morpholine rings is 1. The predicted molar refractivity (Wildman–Crippen MR) is 68.1 cm³/mol. The van der Waals surface area contributed by atoms with Crippen molar-refractivity contribution in [2.24, 2.45) is 5.73 Å². The lowest BCUT2D eigenvalue weighted by atomic mass is 10.2. The van der Waals surface area contributed by atoms with E-state index in [1.54, 1.807) is 11.3 Å². The number of nitrogens with zero attached hydrogens (tertiary/aromatic N) is 2. The van der Waals surface area contributed by atoms with Crippen LogP contribution in [0.3, 0.4) is 0 Å². The van der Waals surface area contributed by atoms with Gasteiger partial charge in [0.2, 0.25) is 0 Å². The molecule has 3 rings (SSSR count). The van der Waals surface area contributed by atoms with E-state index in [-0.39, 0.29) is 5.84 Å². The summed E-state index contributed by atoms with van der Waals surface area (Å²) in [5.41, 5.74) is 6.68. The van der Waals surface area contributed by atoms with E-state index in [4.69, 9.17) is 15.9 Å². The zero-order valence-corrected chi connectivity index (χ0v) is 10.4. The number of amidine groups is 1. The van der Waals surface area contributed by atoms with Gasteiger partial charge in [0.1, 0.15) is 5.84 Å². The number of anilines is 1. The van der Waals surface area contributed by atoms with Crippen LogP contribution in [0.5, 0.6) is 0 Å². The van der Waals surface area contributed by atoms with Crippen molar-refractivity contribution < 1.29 is 4.74 Å². The SMILES string of the molecule is N=C(N)c1sc(N2CCOCC2)nc1C1CC1. The third-order valence-electron chi connectivity index (χ3n) is 3.13. The maximum Gasteiger partial charge on any atom is 0.186 e. The number of nitrogens with one attached hydrogen (secondary N) is 1. The van der Waals surface area contributed by atoms with E-state index in [0.29, 0.717) is 5.92 Å². The lowest BCUT2D eigenvalue weighted by molar-refractivity contribution is 0.122. The number of hydrogen-bond acceptors (Lipinski definition) is 5. The number of aromatic nitrogens is 1. The number of nitrogen functional groups attached to an aromatic ring is 1. The Balaban J connectivity index is 1.89. The Morgan fingerprint density at radius 3 is 2.71 bits per heavy atom. The van der Waals surface area contributed by atoms with E-state index in [0.717, 1.165) is 42.0 Å². The van der Waals surface area contributed by atoms with Crippen LogP contribution >= 0.6 is 11.3 Å². The first kappa shape index (κ1) is 11.0. The molecule has 0 amide bonds. The van der Waals surface area contributed by atoms with Crippen molar-refractivity contribution >= 4 is 22.3 Å². The van der Waals surface area contributed by atoms with Gasteiger partial charge in [-0.2, -0.15) is 0 Å². The molecule has 92 valence electrons. The summed E-state index contributed by atoms with van der Waals surface area (Å²) in [5.74, 6) is 0.698. The van der Waals surface area contributed by atoms with Crippen molar-refractivity contribution in [1.82, 2.24) is 4.98 Å². The van der Waals surface area contributed by atoms with Crippen LogP contribution < -0.4 is 10.6 Å². The van der Waals surface area contributed by atoms with Gasteiger partial charge in [-0.1, -0.05) is 11.3 Å². The van der Waals surface area contributed by atoms with Crippen LogP contribution in [0.15, 0.2) is 0 Å². The second-order valence-corrected chi connectivity index (χ2v) is 5.48. The van der Waals surface area contributed by atoms with Crippen molar-refractivity contribution in [2.45, 2.75) is 18.8 Å². The lowest BCUT2D eigenvalue weighted by Crippen LogP contribution is -2.36. The highest BCUT2D eigenvalue weighted by atomic mass is 32.1. The summed E-state index contributed by atoms with van der Waals surface area (Å²) in [5, 5.41) is 8.63. The van der Waals surface area contributed by atoms with Crippen LogP contribution in [0.1, 0.15) is 29.3 Å². The molecule has 5 nitrogen and oxygen atoms in total. The number of hydrogen-bond donors (Lipinski definition) is 2. The Bertz CT molecular complexity index is 435. The second kappa shape index (κ2) is 4.27. The van der Waals surface area contributed by atoms with E-state index >= 15 is 0 Å². The first-order valence-corrected chi connectivity index (χ1v) is 6.75. The Morgan fingerprint density at radius 1 is 1.41 bits per heavy atom. The van der Waals surface area contributed by atoms with Gasteiger partial charge >= 0.3 is 0 Å². The van der Waals surface area contributed by atoms with Crippen LogP contribution in [0.2, 0.25) is 0 Å². The normalized spacial score (nSPS) is 20.6. The summed E-state index contributed by atoms with van der Waals surface area (Å²) in [4.78, 5) is 7.78. The average Bonchev–Trinajstić information content (AvgIpc) is 3.09. The third-order valence-corrected chi connectivity index (χ3v) is 4.30. The molecular weight excluding hydrogens is 236 g/mol. The largest absolute Gasteiger partial charge is 0.383 e. The van der Waals surface area contributed by atoms with Crippen LogP contribution in [0.4, 0.5) is 5.13 Å². The topological polar surface area (TPSA) is 75.2 Å². The van der Waals surface area contributed by atoms with E-state index in [2.05, 4.69) is 9.88 Å². The fourth-order valence-electron chi connectivity index (χ4n) is 2.04. The molecule has 0 atom stereocenters. The van der Waals surface area contributed by atoms with Gasteiger partial charge in [-0.3, -0.25) is 5.41 Å². The minimum atomic E-state index is 0.156. The molecule has 3 N–H and O–H groups in total. The molecule has 1 aliphatic heterocycles. The van der Waals surface area contributed by atoms with Crippen molar-refractivity contribution in [3.63, 3.8) is 0 Å². The van der Waals surface area contributed by atoms with E-state index < -0.39 is 0 Å². The minimum Gasteiger partial charge on any atom is -0.383 e. The van der Waals surface area contributed by atoms with Crippen molar-refractivity contribution in [3.05, 3.63) is 10.6 Å². The summed E-state index contributed by atoms with van der Waals surface area (Å²) >= 11 is 1.55. The van der Waals surface area contributed by atoms with E-state index in [1.807, 2.05) is 0 Å². The van der Waals surface area contributed by atoms with Gasteiger partial charge in [0.15, 0.2) is 5.13 Å². The number of rotatable bonds is 3. The third kappa shape index (κ3) is 2.14. The fourth-order valence-corrected chi connectivity index (χ4v) is 3.10. The highest BCUT2D eigenvalue weighted by Crippen LogP contribution is 2.44. The second-order valence-electron chi connectivity index (χ2n) is 4.50. The molecule has 0 radical (unpaired) electrons. The highest BCUT2D eigenvalue weighted by Gasteiger charge is 2.31. The molecule has 1 saturated carbocycles. The smallest absolute Gasteiger partial charge is 0.186 e. The van der Waals surface area contributed by atoms with E-state index in [9.17, 15) is 0 Å². The Morgan fingerprint density at radius 2 is 2.12 bits per heavy atom. The average molecular weight is 252 g/mol. The van der Waals surface area contributed by atoms with Crippen molar-refractivity contribution in [3.8, 4) is 0 Å². The van der Waals surface area contributed by atoms with Gasteiger partial charge in [0, 0.05) is 19.0 Å². The zero-order chi connectivity index (χ0) is 11.8. The first-order chi connectivity index (χ1) is 8.25. The summed E-state index contributed by atoms with van der Waals surface area (Å²) in [6.07, 6.45) is 2.37. The summed E-state index contributed by atoms with van der Waals surface area (Å²) in [6.45, 7) is 3.28. The molecule has 2 aliphatic rings. The summed E-state index contributed by atoms with van der Waals surface area (Å²) in [7, 11) is 0. The van der Waals surface area contributed by atoms with E-state index in [1.165, 1.54) is 12.8 Å². The summed E-state index contributed by atoms with van der Waals surface area (Å²) in [6, 6.07) is 0. The lowest BCUT2D eigenvalue weighted by Gasteiger charge is -2.26. The molecule has 1 aliphatic carbocycles. The fraction of sp³-hybridized carbons (Fsp3) is 0.636. The van der Waals surface area contributed by atoms with Crippen LogP contribution in [-0.2, 0) is 4.74 Å². The van der Waals surface area contributed by atoms with Gasteiger partial charge in [-0.25, -0.2) is 4.98 Å². The van der Waals surface area contributed by atoms with Crippen LogP contribution in [-0.4, -0.2) is 37.1 Å². The molecule has 1 aromatic rings. The van der Waals surface area contributed by atoms with Crippen LogP contribution in [0.25, 0.3) is 0 Å². The Labute approximate surface area is 104 Å². The molecule has 0 spiro atoms. The molecule has 0 unspecified atom stereocenters. The maximum absolute atomic E-state index is 7.63. The minimum absolute atomic E-state index is 0.156. The number of ether oxygens (including phenoxy) is 1. The molecule has 2 heterocycles. The van der Waals surface area contributed by atoms with Crippen LogP contribution in [0, 0.1) is 5.41 Å².